The number of halogens is 1. The van der Waals surface area contributed by atoms with Crippen LogP contribution in [0.1, 0.15) is 34.0 Å². The van der Waals surface area contributed by atoms with Crippen molar-refractivity contribution in [3.63, 3.8) is 0 Å². The zero-order valence-electron chi connectivity index (χ0n) is 10.4. The molecule has 1 aromatic carbocycles. The Morgan fingerprint density at radius 2 is 2.35 bits per heavy atom. The van der Waals surface area contributed by atoms with Crippen molar-refractivity contribution in [1.82, 2.24) is 4.98 Å². The first kappa shape index (κ1) is 14.3. The van der Waals surface area contributed by atoms with Crippen molar-refractivity contribution < 1.29 is 9.90 Å². The zero-order chi connectivity index (χ0) is 14.7. The number of carboxylic acids is 1. The maximum atomic E-state index is 10.8. The Morgan fingerprint density at radius 1 is 1.60 bits per heavy atom. The Morgan fingerprint density at radius 3 is 2.90 bits per heavy atom. The van der Waals surface area contributed by atoms with Gasteiger partial charge in [-0.15, -0.1) is 11.3 Å². The number of aromatic nitrogens is 1. The molecule has 20 heavy (non-hydrogen) atoms. The fourth-order valence-corrected chi connectivity index (χ4v) is 2.62. The largest absolute Gasteiger partial charge is 0.476 e. The van der Waals surface area contributed by atoms with E-state index in [1.165, 1.54) is 16.7 Å². The van der Waals surface area contributed by atoms with Gasteiger partial charge in [-0.05, 0) is 25.1 Å². The number of hydrogen-bond donors (Lipinski definition) is 2. The van der Waals surface area contributed by atoms with E-state index in [0.717, 1.165) is 0 Å². The van der Waals surface area contributed by atoms with Crippen LogP contribution < -0.4 is 5.32 Å². The van der Waals surface area contributed by atoms with Crippen LogP contribution in [-0.4, -0.2) is 16.1 Å². The number of aromatic carboxylic acids is 1. The lowest BCUT2D eigenvalue weighted by Gasteiger charge is -2.14. The van der Waals surface area contributed by atoms with E-state index in [2.05, 4.69) is 10.3 Å². The number of carbonyl (C=O) groups is 1. The number of rotatable bonds is 4. The molecule has 0 spiro atoms. The molecule has 0 aliphatic carbocycles. The van der Waals surface area contributed by atoms with Gasteiger partial charge in [-0.25, -0.2) is 9.78 Å². The quantitative estimate of drug-likeness (QED) is 0.902. The SMILES string of the molecule is CC(Nc1ccc(C#N)cc1Cl)c1nc(C(=O)O)cs1. The normalized spacial score (nSPS) is 11.7. The van der Waals surface area contributed by atoms with Crippen molar-refractivity contribution in [2.24, 2.45) is 0 Å². The molecule has 0 fully saturated rings. The summed E-state index contributed by atoms with van der Waals surface area (Å²) in [4.78, 5) is 14.8. The first-order valence-corrected chi connectivity index (χ1v) is 6.92. The van der Waals surface area contributed by atoms with Gasteiger partial charge < -0.3 is 10.4 Å². The monoisotopic (exact) mass is 307 g/mol. The van der Waals surface area contributed by atoms with Gasteiger partial charge in [0, 0.05) is 5.38 Å². The summed E-state index contributed by atoms with van der Waals surface area (Å²) in [6, 6.07) is 6.77. The van der Waals surface area contributed by atoms with Gasteiger partial charge in [-0.3, -0.25) is 0 Å². The average molecular weight is 308 g/mol. The van der Waals surface area contributed by atoms with E-state index in [1.807, 2.05) is 13.0 Å². The van der Waals surface area contributed by atoms with Crippen LogP contribution in [0.15, 0.2) is 23.6 Å². The van der Waals surface area contributed by atoms with E-state index < -0.39 is 5.97 Å². The number of hydrogen-bond acceptors (Lipinski definition) is 5. The summed E-state index contributed by atoms with van der Waals surface area (Å²) in [7, 11) is 0. The molecule has 2 rings (SSSR count). The number of anilines is 1. The molecule has 1 heterocycles. The van der Waals surface area contributed by atoms with Crippen LogP contribution >= 0.6 is 22.9 Å². The van der Waals surface area contributed by atoms with E-state index >= 15 is 0 Å². The minimum Gasteiger partial charge on any atom is -0.476 e. The van der Waals surface area contributed by atoms with E-state index in [9.17, 15) is 4.79 Å². The van der Waals surface area contributed by atoms with E-state index in [4.69, 9.17) is 22.0 Å². The van der Waals surface area contributed by atoms with Crippen molar-refractivity contribution in [1.29, 1.82) is 5.26 Å². The standard InChI is InChI=1S/C13H10ClN3O2S/c1-7(12-17-11(6-20-12)13(18)19)16-10-3-2-8(5-15)4-9(10)14/h2-4,6-7,16H,1H3,(H,18,19). The van der Waals surface area contributed by atoms with Gasteiger partial charge in [0.1, 0.15) is 5.01 Å². The molecule has 0 aliphatic heterocycles. The van der Waals surface area contributed by atoms with Gasteiger partial charge in [0.25, 0.3) is 0 Å². The summed E-state index contributed by atoms with van der Waals surface area (Å²) in [5, 5.41) is 23.3. The third kappa shape index (κ3) is 3.07. The molecular weight excluding hydrogens is 298 g/mol. The summed E-state index contributed by atoms with van der Waals surface area (Å²) in [5.41, 5.74) is 1.19. The molecule has 0 saturated heterocycles. The van der Waals surface area contributed by atoms with Crippen molar-refractivity contribution >= 4 is 34.6 Å². The highest BCUT2D eigenvalue weighted by Crippen LogP contribution is 2.28. The Balaban J connectivity index is 2.16. The third-order valence-electron chi connectivity index (χ3n) is 2.58. The van der Waals surface area contributed by atoms with Crippen molar-refractivity contribution in [2.45, 2.75) is 13.0 Å². The van der Waals surface area contributed by atoms with Gasteiger partial charge in [0.15, 0.2) is 5.69 Å². The Labute approximate surface area is 124 Å². The predicted octanol–water partition coefficient (Wildman–Crippen LogP) is 3.54. The average Bonchev–Trinajstić information content (AvgIpc) is 2.91. The van der Waals surface area contributed by atoms with Gasteiger partial charge in [0.2, 0.25) is 0 Å². The highest BCUT2D eigenvalue weighted by Gasteiger charge is 2.15. The maximum absolute atomic E-state index is 10.8. The highest BCUT2D eigenvalue weighted by atomic mass is 35.5. The molecule has 0 saturated carbocycles. The topological polar surface area (TPSA) is 86.0 Å². The van der Waals surface area contributed by atoms with Crippen molar-refractivity contribution in [3.8, 4) is 6.07 Å². The van der Waals surface area contributed by atoms with Gasteiger partial charge in [0.05, 0.1) is 28.4 Å². The number of nitrogens with one attached hydrogen (secondary N) is 1. The van der Waals surface area contributed by atoms with Crippen LogP contribution in [0.3, 0.4) is 0 Å². The van der Waals surface area contributed by atoms with E-state index in [0.29, 0.717) is 21.3 Å². The summed E-state index contributed by atoms with van der Waals surface area (Å²) < 4.78 is 0. The number of nitrogens with zero attached hydrogens (tertiary/aromatic N) is 2. The number of carboxylic acid groups (broad SMARTS) is 1. The zero-order valence-corrected chi connectivity index (χ0v) is 12.0. The molecule has 7 heteroatoms. The second-order valence-corrected chi connectivity index (χ2v) is 5.35. The molecule has 0 aliphatic rings. The minimum atomic E-state index is -1.05. The molecular formula is C13H10ClN3O2S. The summed E-state index contributed by atoms with van der Waals surface area (Å²) in [6.45, 7) is 1.86. The Bertz CT molecular complexity index is 693. The van der Waals surface area contributed by atoms with Crippen LogP contribution in [0.4, 0.5) is 5.69 Å². The smallest absolute Gasteiger partial charge is 0.355 e. The minimum absolute atomic E-state index is 0.0320. The van der Waals surface area contributed by atoms with Crippen molar-refractivity contribution in [2.75, 3.05) is 5.32 Å². The molecule has 1 atom stereocenters. The van der Waals surface area contributed by atoms with Crippen LogP contribution in [-0.2, 0) is 0 Å². The maximum Gasteiger partial charge on any atom is 0.355 e. The molecule has 1 unspecified atom stereocenters. The molecule has 1 aromatic heterocycles. The number of thiazole rings is 1. The fourth-order valence-electron chi connectivity index (χ4n) is 1.58. The second-order valence-electron chi connectivity index (χ2n) is 4.05. The summed E-state index contributed by atoms with van der Waals surface area (Å²) in [6.07, 6.45) is 0. The first-order chi connectivity index (χ1) is 9.51. The lowest BCUT2D eigenvalue weighted by atomic mass is 10.2. The molecule has 0 bridgehead atoms. The first-order valence-electron chi connectivity index (χ1n) is 5.66. The summed E-state index contributed by atoms with van der Waals surface area (Å²) in [5.74, 6) is -1.05. The third-order valence-corrected chi connectivity index (χ3v) is 3.92. The molecule has 102 valence electrons. The predicted molar refractivity (Wildman–Crippen MR) is 77.3 cm³/mol. The highest BCUT2D eigenvalue weighted by molar-refractivity contribution is 7.09. The van der Waals surface area contributed by atoms with E-state index in [1.54, 1.807) is 18.2 Å². The molecule has 2 aromatic rings. The van der Waals surface area contributed by atoms with Gasteiger partial charge >= 0.3 is 5.97 Å². The van der Waals surface area contributed by atoms with Crippen LogP contribution in [0, 0.1) is 11.3 Å². The lowest BCUT2D eigenvalue weighted by Crippen LogP contribution is -2.07. The number of benzene rings is 1. The molecule has 5 nitrogen and oxygen atoms in total. The van der Waals surface area contributed by atoms with Crippen LogP contribution in [0.25, 0.3) is 0 Å². The summed E-state index contributed by atoms with van der Waals surface area (Å²) >= 11 is 7.34. The second kappa shape index (κ2) is 5.90. The Kier molecular flexibility index (Phi) is 4.23. The van der Waals surface area contributed by atoms with Gasteiger partial charge in [-0.1, -0.05) is 11.6 Å². The molecule has 2 N–H and O–H groups in total. The van der Waals surface area contributed by atoms with Crippen LogP contribution in [0.5, 0.6) is 0 Å². The van der Waals surface area contributed by atoms with Crippen molar-refractivity contribution in [3.05, 3.63) is 44.9 Å². The van der Waals surface area contributed by atoms with Gasteiger partial charge in [-0.2, -0.15) is 5.26 Å². The molecule has 0 amide bonds. The molecule has 0 radical (unpaired) electrons. The fraction of sp³-hybridized carbons (Fsp3) is 0.154. The number of nitriles is 1. The van der Waals surface area contributed by atoms with Crippen LogP contribution in [0.2, 0.25) is 5.02 Å². The Hall–Kier alpha value is -2.10. The van der Waals surface area contributed by atoms with E-state index in [-0.39, 0.29) is 11.7 Å². The lowest BCUT2D eigenvalue weighted by molar-refractivity contribution is 0.0691.